The maximum Gasteiger partial charge on any atom is 0.167 e. The molecule has 0 saturated heterocycles. The molecule has 17 heavy (non-hydrogen) atoms. The van der Waals surface area contributed by atoms with Gasteiger partial charge < -0.3 is 10.5 Å². The summed E-state index contributed by atoms with van der Waals surface area (Å²) in [5, 5.41) is 4.13. The average molecular weight is 249 g/mol. The number of nitrogens with two attached hydrogens (primary N) is 1. The molecular formula is C10H11N5OS. The molecule has 2 aromatic rings. The summed E-state index contributed by atoms with van der Waals surface area (Å²) >= 11 is 4.95. The summed E-state index contributed by atoms with van der Waals surface area (Å²) in [6, 6.07) is 0. The van der Waals surface area contributed by atoms with E-state index in [0.717, 1.165) is 0 Å². The summed E-state index contributed by atoms with van der Waals surface area (Å²) in [6.07, 6.45) is 4.87. The summed E-state index contributed by atoms with van der Waals surface area (Å²) in [5.74, 6) is 1.80. The summed E-state index contributed by atoms with van der Waals surface area (Å²) in [7, 11) is 1.57. The summed E-state index contributed by atoms with van der Waals surface area (Å²) in [5.41, 5.74) is 6.20. The third kappa shape index (κ3) is 2.23. The normalized spacial score (nSPS) is 10.2. The number of thiocarbonyl (C=S) groups is 1. The van der Waals surface area contributed by atoms with Gasteiger partial charge in [0, 0.05) is 6.20 Å². The van der Waals surface area contributed by atoms with Crippen molar-refractivity contribution in [3.8, 4) is 11.6 Å². The SMILES string of the molecule is COc1cnn(-c2nc(C)ncc2C(N)=S)c1. The summed E-state index contributed by atoms with van der Waals surface area (Å²) < 4.78 is 6.61. The molecule has 0 radical (unpaired) electrons. The van der Waals surface area contributed by atoms with Crippen LogP contribution in [0, 0.1) is 6.92 Å². The minimum absolute atomic E-state index is 0.231. The molecule has 2 N–H and O–H groups in total. The Morgan fingerprint density at radius 1 is 1.47 bits per heavy atom. The molecule has 0 bridgehead atoms. The molecule has 0 aliphatic carbocycles. The van der Waals surface area contributed by atoms with Gasteiger partial charge in [-0.05, 0) is 6.92 Å². The average Bonchev–Trinajstić information content (AvgIpc) is 2.76. The van der Waals surface area contributed by atoms with Crippen molar-refractivity contribution >= 4 is 17.2 Å². The van der Waals surface area contributed by atoms with Crippen LogP contribution in [0.2, 0.25) is 0 Å². The summed E-state index contributed by atoms with van der Waals surface area (Å²) in [6.45, 7) is 1.79. The van der Waals surface area contributed by atoms with Crippen molar-refractivity contribution in [1.82, 2.24) is 19.7 Å². The number of ether oxygens (including phenoxy) is 1. The van der Waals surface area contributed by atoms with Crippen LogP contribution in [0.25, 0.3) is 5.82 Å². The molecule has 0 aliphatic heterocycles. The number of nitrogens with zero attached hydrogens (tertiary/aromatic N) is 4. The molecule has 2 rings (SSSR count). The second-order valence-electron chi connectivity index (χ2n) is 3.34. The number of aromatic nitrogens is 4. The highest BCUT2D eigenvalue weighted by molar-refractivity contribution is 7.80. The molecule has 0 atom stereocenters. The first kappa shape index (κ1) is 11.5. The van der Waals surface area contributed by atoms with Crippen LogP contribution in [0.3, 0.4) is 0 Å². The Kier molecular flexibility index (Phi) is 3.01. The lowest BCUT2D eigenvalue weighted by atomic mass is 10.3. The van der Waals surface area contributed by atoms with Crippen LogP contribution in [0.15, 0.2) is 18.6 Å². The van der Waals surface area contributed by atoms with Crippen LogP contribution >= 0.6 is 12.2 Å². The van der Waals surface area contributed by atoms with Gasteiger partial charge in [0.25, 0.3) is 0 Å². The van der Waals surface area contributed by atoms with E-state index in [1.807, 2.05) is 0 Å². The zero-order chi connectivity index (χ0) is 12.4. The minimum Gasteiger partial charge on any atom is -0.493 e. The highest BCUT2D eigenvalue weighted by Gasteiger charge is 2.11. The topological polar surface area (TPSA) is 78.8 Å². The lowest BCUT2D eigenvalue weighted by molar-refractivity contribution is 0.414. The van der Waals surface area contributed by atoms with Gasteiger partial charge >= 0.3 is 0 Å². The molecule has 7 heteroatoms. The highest BCUT2D eigenvalue weighted by atomic mass is 32.1. The van der Waals surface area contributed by atoms with Crippen molar-refractivity contribution in [1.29, 1.82) is 0 Å². The predicted octanol–water partition coefficient (Wildman–Crippen LogP) is 0.614. The van der Waals surface area contributed by atoms with Crippen molar-refractivity contribution in [2.45, 2.75) is 6.92 Å². The second-order valence-corrected chi connectivity index (χ2v) is 3.78. The van der Waals surface area contributed by atoms with Crippen LogP contribution in [-0.4, -0.2) is 31.8 Å². The monoisotopic (exact) mass is 249 g/mol. The van der Waals surface area contributed by atoms with E-state index in [2.05, 4.69) is 15.1 Å². The fraction of sp³-hybridized carbons (Fsp3) is 0.200. The first-order chi connectivity index (χ1) is 8.11. The van der Waals surface area contributed by atoms with Gasteiger partial charge in [-0.25, -0.2) is 14.6 Å². The first-order valence-corrected chi connectivity index (χ1v) is 5.25. The Morgan fingerprint density at radius 2 is 2.24 bits per heavy atom. The van der Waals surface area contributed by atoms with Gasteiger partial charge in [-0.2, -0.15) is 5.10 Å². The molecule has 0 fully saturated rings. The van der Waals surface area contributed by atoms with Gasteiger partial charge in [0.1, 0.15) is 10.8 Å². The molecule has 2 heterocycles. The molecule has 88 valence electrons. The molecule has 0 aromatic carbocycles. The number of methoxy groups -OCH3 is 1. The van der Waals surface area contributed by atoms with E-state index in [9.17, 15) is 0 Å². The zero-order valence-electron chi connectivity index (χ0n) is 9.41. The Labute approximate surface area is 103 Å². The van der Waals surface area contributed by atoms with E-state index in [4.69, 9.17) is 22.7 Å². The molecule has 6 nitrogen and oxygen atoms in total. The fourth-order valence-electron chi connectivity index (χ4n) is 1.33. The smallest absolute Gasteiger partial charge is 0.167 e. The maximum atomic E-state index is 5.62. The Balaban J connectivity index is 2.56. The van der Waals surface area contributed by atoms with E-state index in [-0.39, 0.29) is 4.99 Å². The van der Waals surface area contributed by atoms with Crippen LogP contribution in [-0.2, 0) is 0 Å². The number of hydrogen-bond donors (Lipinski definition) is 1. The van der Waals surface area contributed by atoms with Crippen LogP contribution in [0.5, 0.6) is 5.75 Å². The standard InChI is InChI=1S/C10H11N5OS/c1-6-12-4-8(9(11)17)10(14-6)15-5-7(16-2)3-13-15/h3-5H,1-2H3,(H2,11,17). The van der Waals surface area contributed by atoms with E-state index in [0.29, 0.717) is 23.0 Å². The fourth-order valence-corrected chi connectivity index (χ4v) is 1.48. The van der Waals surface area contributed by atoms with Gasteiger partial charge in [0.15, 0.2) is 11.6 Å². The van der Waals surface area contributed by atoms with Crippen molar-refractivity contribution in [2.24, 2.45) is 5.73 Å². The Morgan fingerprint density at radius 3 is 2.82 bits per heavy atom. The van der Waals surface area contributed by atoms with E-state index >= 15 is 0 Å². The third-order valence-corrected chi connectivity index (χ3v) is 2.39. The highest BCUT2D eigenvalue weighted by Crippen LogP contribution is 2.15. The van der Waals surface area contributed by atoms with Crippen LogP contribution < -0.4 is 10.5 Å². The van der Waals surface area contributed by atoms with Crippen molar-refractivity contribution in [3.05, 3.63) is 30.0 Å². The molecule has 0 unspecified atom stereocenters. The first-order valence-electron chi connectivity index (χ1n) is 4.84. The van der Waals surface area contributed by atoms with Crippen LogP contribution in [0.4, 0.5) is 0 Å². The van der Waals surface area contributed by atoms with E-state index in [1.165, 1.54) is 0 Å². The van der Waals surface area contributed by atoms with Gasteiger partial charge in [-0.15, -0.1) is 0 Å². The number of hydrogen-bond acceptors (Lipinski definition) is 5. The summed E-state index contributed by atoms with van der Waals surface area (Å²) in [4.78, 5) is 8.57. The Bertz CT molecular complexity index is 566. The van der Waals surface area contributed by atoms with Crippen molar-refractivity contribution in [3.63, 3.8) is 0 Å². The van der Waals surface area contributed by atoms with Crippen molar-refractivity contribution in [2.75, 3.05) is 7.11 Å². The molecule has 0 spiro atoms. The van der Waals surface area contributed by atoms with Gasteiger partial charge in [0.2, 0.25) is 0 Å². The van der Waals surface area contributed by atoms with Gasteiger partial charge in [0.05, 0.1) is 25.1 Å². The van der Waals surface area contributed by atoms with E-state index in [1.54, 1.807) is 37.3 Å². The van der Waals surface area contributed by atoms with Crippen molar-refractivity contribution < 1.29 is 4.74 Å². The zero-order valence-corrected chi connectivity index (χ0v) is 10.2. The largest absolute Gasteiger partial charge is 0.493 e. The third-order valence-electron chi connectivity index (χ3n) is 2.17. The Hall–Kier alpha value is -2.02. The molecule has 0 amide bonds. The quantitative estimate of drug-likeness (QED) is 0.803. The molecule has 0 aliphatic rings. The second kappa shape index (κ2) is 4.46. The lowest BCUT2D eigenvalue weighted by Gasteiger charge is -2.06. The number of aryl methyl sites for hydroxylation is 1. The molecule has 0 saturated carbocycles. The number of rotatable bonds is 3. The van der Waals surface area contributed by atoms with E-state index < -0.39 is 0 Å². The minimum atomic E-state index is 0.231. The maximum absolute atomic E-state index is 5.62. The van der Waals surface area contributed by atoms with Gasteiger partial charge in [-0.1, -0.05) is 12.2 Å². The van der Waals surface area contributed by atoms with Gasteiger partial charge in [-0.3, -0.25) is 0 Å². The molecular weight excluding hydrogens is 238 g/mol. The molecule has 2 aromatic heterocycles. The van der Waals surface area contributed by atoms with Crippen LogP contribution in [0.1, 0.15) is 11.4 Å². The predicted molar refractivity (Wildman–Crippen MR) is 66.3 cm³/mol. The lowest BCUT2D eigenvalue weighted by Crippen LogP contribution is -2.16.